The highest BCUT2D eigenvalue weighted by Gasteiger charge is 2.27. The summed E-state index contributed by atoms with van der Waals surface area (Å²) in [7, 11) is 0. The molecule has 9 heteroatoms. The lowest BCUT2D eigenvalue weighted by Crippen LogP contribution is -2.19. The first-order valence-electron chi connectivity index (χ1n) is 4.79. The maximum atomic E-state index is 11.4. The molecule has 2 rings (SSSR count). The Labute approximate surface area is 99.6 Å². The number of anilines is 1. The topological polar surface area (TPSA) is 119 Å². The van der Waals surface area contributed by atoms with Crippen molar-refractivity contribution >= 4 is 29.2 Å². The minimum Gasteiger partial charge on any atom is -0.272 e. The van der Waals surface area contributed by atoms with Crippen molar-refractivity contribution in [3.8, 4) is 0 Å². The number of hydrazone groups is 1. The summed E-state index contributed by atoms with van der Waals surface area (Å²) in [6.45, 7) is 0. The predicted molar refractivity (Wildman–Crippen MR) is 60.3 cm³/mol. The quantitative estimate of drug-likeness (QED) is 0.590. The molecule has 92 valence electrons. The Kier molecular flexibility index (Phi) is 2.72. The summed E-state index contributed by atoms with van der Waals surface area (Å²) in [4.78, 5) is 31.0. The van der Waals surface area contributed by atoms with Gasteiger partial charge in [0.15, 0.2) is 0 Å². The fourth-order valence-electron chi connectivity index (χ4n) is 1.51. The molecule has 0 bridgehead atoms. The SMILES string of the molecule is O=C1CC=NN1c1ccc([N+](=O)[O-])c([N+](=O)[O-])c1. The zero-order valence-electron chi connectivity index (χ0n) is 8.85. The Bertz CT molecular complexity index is 582. The second-order valence-corrected chi connectivity index (χ2v) is 3.39. The molecule has 0 unspecified atom stereocenters. The highest BCUT2D eigenvalue weighted by Crippen LogP contribution is 2.32. The third-order valence-electron chi connectivity index (χ3n) is 2.30. The van der Waals surface area contributed by atoms with E-state index in [0.717, 1.165) is 17.1 Å². The fourth-order valence-corrected chi connectivity index (χ4v) is 1.51. The molecule has 0 radical (unpaired) electrons. The van der Waals surface area contributed by atoms with Gasteiger partial charge in [-0.3, -0.25) is 25.0 Å². The van der Waals surface area contributed by atoms with Gasteiger partial charge in [0.2, 0.25) is 0 Å². The molecule has 0 N–H and O–H groups in total. The van der Waals surface area contributed by atoms with Crippen molar-refractivity contribution in [2.45, 2.75) is 6.42 Å². The summed E-state index contributed by atoms with van der Waals surface area (Å²) in [6.07, 6.45) is 1.46. The van der Waals surface area contributed by atoms with Crippen LogP contribution in [0.2, 0.25) is 0 Å². The van der Waals surface area contributed by atoms with Crippen LogP contribution in [-0.2, 0) is 4.79 Å². The van der Waals surface area contributed by atoms with E-state index in [9.17, 15) is 25.0 Å². The second-order valence-electron chi connectivity index (χ2n) is 3.39. The lowest BCUT2D eigenvalue weighted by molar-refractivity contribution is -0.422. The Morgan fingerprint density at radius 1 is 1.17 bits per heavy atom. The highest BCUT2D eigenvalue weighted by atomic mass is 16.6. The van der Waals surface area contributed by atoms with E-state index in [4.69, 9.17) is 0 Å². The molecule has 0 saturated heterocycles. The number of rotatable bonds is 3. The summed E-state index contributed by atoms with van der Waals surface area (Å²) >= 11 is 0. The fraction of sp³-hybridized carbons (Fsp3) is 0.111. The van der Waals surface area contributed by atoms with Crippen molar-refractivity contribution in [2.24, 2.45) is 5.10 Å². The van der Waals surface area contributed by atoms with E-state index in [1.54, 1.807) is 0 Å². The predicted octanol–water partition coefficient (Wildman–Crippen LogP) is 1.23. The van der Waals surface area contributed by atoms with Gasteiger partial charge in [-0.1, -0.05) is 0 Å². The van der Waals surface area contributed by atoms with E-state index >= 15 is 0 Å². The van der Waals surface area contributed by atoms with E-state index in [0.29, 0.717) is 0 Å². The zero-order chi connectivity index (χ0) is 13.3. The molecule has 1 amide bonds. The molecular formula is C9H6N4O5. The van der Waals surface area contributed by atoms with Crippen LogP contribution in [-0.4, -0.2) is 22.0 Å². The van der Waals surface area contributed by atoms with Gasteiger partial charge in [-0.05, 0) is 6.07 Å². The van der Waals surface area contributed by atoms with Crippen LogP contribution in [0.25, 0.3) is 0 Å². The first-order chi connectivity index (χ1) is 8.50. The molecule has 18 heavy (non-hydrogen) atoms. The van der Waals surface area contributed by atoms with Crippen molar-refractivity contribution in [1.29, 1.82) is 0 Å². The van der Waals surface area contributed by atoms with Crippen LogP contribution in [0.1, 0.15) is 6.42 Å². The van der Waals surface area contributed by atoms with Crippen molar-refractivity contribution < 1.29 is 14.6 Å². The summed E-state index contributed by atoms with van der Waals surface area (Å²) in [5, 5.41) is 26.0. The molecule has 0 saturated carbocycles. The van der Waals surface area contributed by atoms with E-state index < -0.39 is 21.2 Å². The van der Waals surface area contributed by atoms with E-state index in [2.05, 4.69) is 5.10 Å². The molecule has 0 atom stereocenters. The van der Waals surface area contributed by atoms with Crippen LogP contribution in [0.15, 0.2) is 23.3 Å². The number of carbonyl (C=O) groups excluding carboxylic acids is 1. The largest absolute Gasteiger partial charge is 0.348 e. The molecule has 1 aromatic rings. The number of hydrogen-bond donors (Lipinski definition) is 0. The first kappa shape index (κ1) is 11.6. The number of carbonyl (C=O) groups is 1. The van der Waals surface area contributed by atoms with Crippen molar-refractivity contribution in [3.63, 3.8) is 0 Å². The zero-order valence-corrected chi connectivity index (χ0v) is 8.85. The number of nitro benzene ring substituents is 2. The molecule has 1 aliphatic rings. The molecule has 1 aliphatic heterocycles. The highest BCUT2D eigenvalue weighted by molar-refractivity contribution is 6.05. The smallest absolute Gasteiger partial charge is 0.272 e. The van der Waals surface area contributed by atoms with Crippen molar-refractivity contribution in [2.75, 3.05) is 5.01 Å². The maximum Gasteiger partial charge on any atom is 0.348 e. The first-order valence-corrected chi connectivity index (χ1v) is 4.79. The molecular weight excluding hydrogens is 244 g/mol. The third kappa shape index (κ3) is 1.88. The molecule has 1 aromatic carbocycles. The van der Waals surface area contributed by atoms with Gasteiger partial charge in [-0.15, -0.1) is 0 Å². The average molecular weight is 250 g/mol. The number of nitrogens with zero attached hydrogens (tertiary/aromatic N) is 4. The van der Waals surface area contributed by atoms with Gasteiger partial charge in [0.1, 0.15) is 0 Å². The number of benzene rings is 1. The van der Waals surface area contributed by atoms with Crippen molar-refractivity contribution in [3.05, 3.63) is 38.4 Å². The second kappa shape index (κ2) is 4.20. The van der Waals surface area contributed by atoms with Gasteiger partial charge in [-0.2, -0.15) is 5.10 Å². The Balaban J connectivity index is 2.49. The number of amides is 1. The third-order valence-corrected chi connectivity index (χ3v) is 2.30. The van der Waals surface area contributed by atoms with Gasteiger partial charge < -0.3 is 0 Å². The number of nitro groups is 2. The minimum absolute atomic E-state index is 0.102. The Hall–Kier alpha value is -2.84. The molecule has 0 spiro atoms. The standard InChI is InChI=1S/C9H6N4O5/c14-9-3-4-10-11(9)6-1-2-7(12(15)16)8(5-6)13(17)18/h1-2,4-5H,3H2. The van der Waals surface area contributed by atoms with Crippen LogP contribution < -0.4 is 5.01 Å². The lowest BCUT2D eigenvalue weighted by atomic mass is 10.2. The van der Waals surface area contributed by atoms with Gasteiger partial charge in [0, 0.05) is 18.3 Å². The molecule has 1 heterocycles. The normalized spacial score (nSPS) is 14.0. The van der Waals surface area contributed by atoms with Crippen LogP contribution >= 0.6 is 0 Å². The van der Waals surface area contributed by atoms with Gasteiger partial charge in [0.05, 0.1) is 22.0 Å². The molecule has 0 aromatic heterocycles. The Morgan fingerprint density at radius 3 is 2.33 bits per heavy atom. The van der Waals surface area contributed by atoms with Crippen LogP contribution in [0.5, 0.6) is 0 Å². The number of hydrogen-bond acceptors (Lipinski definition) is 6. The van der Waals surface area contributed by atoms with Crippen LogP contribution in [0, 0.1) is 20.2 Å². The summed E-state index contributed by atoms with van der Waals surface area (Å²) in [6, 6.07) is 3.18. The maximum absolute atomic E-state index is 11.4. The summed E-state index contributed by atoms with van der Waals surface area (Å²) < 4.78 is 0. The lowest BCUT2D eigenvalue weighted by Gasteiger charge is -2.10. The summed E-state index contributed by atoms with van der Waals surface area (Å²) in [5.74, 6) is -0.349. The van der Waals surface area contributed by atoms with Crippen LogP contribution in [0.3, 0.4) is 0 Å². The molecule has 9 nitrogen and oxygen atoms in total. The molecule has 0 fully saturated rings. The van der Waals surface area contributed by atoms with E-state index in [1.165, 1.54) is 12.3 Å². The Morgan fingerprint density at radius 2 is 1.83 bits per heavy atom. The van der Waals surface area contributed by atoms with Gasteiger partial charge in [0.25, 0.3) is 5.91 Å². The van der Waals surface area contributed by atoms with E-state index in [1.807, 2.05) is 0 Å². The van der Waals surface area contributed by atoms with Crippen LogP contribution in [0.4, 0.5) is 17.1 Å². The van der Waals surface area contributed by atoms with Crippen molar-refractivity contribution in [1.82, 2.24) is 0 Å². The molecule has 0 aliphatic carbocycles. The van der Waals surface area contributed by atoms with Gasteiger partial charge >= 0.3 is 11.4 Å². The van der Waals surface area contributed by atoms with Gasteiger partial charge in [-0.25, -0.2) is 5.01 Å². The average Bonchev–Trinajstić information content (AvgIpc) is 2.74. The van der Waals surface area contributed by atoms with E-state index in [-0.39, 0.29) is 18.0 Å². The monoisotopic (exact) mass is 250 g/mol. The summed E-state index contributed by atoms with van der Waals surface area (Å²) in [5.41, 5.74) is -1.17. The minimum atomic E-state index is -0.869.